The lowest BCUT2D eigenvalue weighted by Crippen LogP contribution is -1.91. The standard InChI is InChI=1S/C21H18O2/c1-3-7-16-14(4-2)10-12-18(22)20(16)21-17-9-6-5-8-15(17)11-13-19(21)23/h3-13,22-23H,2H2,1H3/b7-3-. The molecular formula is C21H18O2. The topological polar surface area (TPSA) is 40.5 Å². The Morgan fingerprint density at radius 1 is 0.870 bits per heavy atom. The number of hydrogen-bond donors (Lipinski definition) is 2. The fraction of sp³-hybridized carbons (Fsp3) is 0.0476. The van der Waals surface area contributed by atoms with Crippen LogP contribution >= 0.6 is 0 Å². The van der Waals surface area contributed by atoms with Crippen LogP contribution in [0.15, 0.2) is 61.2 Å². The van der Waals surface area contributed by atoms with Crippen LogP contribution in [0.5, 0.6) is 11.5 Å². The van der Waals surface area contributed by atoms with E-state index in [2.05, 4.69) is 6.58 Å². The third kappa shape index (κ3) is 2.49. The van der Waals surface area contributed by atoms with Crippen molar-refractivity contribution in [3.8, 4) is 22.6 Å². The zero-order valence-corrected chi connectivity index (χ0v) is 13.0. The van der Waals surface area contributed by atoms with Crippen LogP contribution in [0.1, 0.15) is 18.1 Å². The normalized spacial score (nSPS) is 11.2. The van der Waals surface area contributed by atoms with Gasteiger partial charge in [0.25, 0.3) is 0 Å². The van der Waals surface area contributed by atoms with Gasteiger partial charge in [0.1, 0.15) is 11.5 Å². The zero-order chi connectivity index (χ0) is 16.4. The Hall–Kier alpha value is -3.00. The van der Waals surface area contributed by atoms with Gasteiger partial charge < -0.3 is 10.2 Å². The van der Waals surface area contributed by atoms with Gasteiger partial charge in [0.2, 0.25) is 0 Å². The van der Waals surface area contributed by atoms with Crippen LogP contribution in [0.3, 0.4) is 0 Å². The van der Waals surface area contributed by atoms with Gasteiger partial charge in [-0.15, -0.1) is 0 Å². The van der Waals surface area contributed by atoms with Crippen molar-refractivity contribution in [3.05, 3.63) is 72.3 Å². The molecule has 0 fully saturated rings. The number of aromatic hydroxyl groups is 2. The molecule has 3 aromatic rings. The molecule has 0 aliphatic heterocycles. The van der Waals surface area contributed by atoms with Crippen molar-refractivity contribution in [2.24, 2.45) is 0 Å². The third-order valence-corrected chi connectivity index (χ3v) is 3.97. The second-order valence-electron chi connectivity index (χ2n) is 5.35. The summed E-state index contributed by atoms with van der Waals surface area (Å²) in [7, 11) is 0. The van der Waals surface area contributed by atoms with E-state index in [-0.39, 0.29) is 11.5 Å². The molecule has 0 aromatic heterocycles. The first-order chi connectivity index (χ1) is 11.2. The SMILES string of the molecule is C=Cc1ccc(O)c(-c2c(O)ccc3ccccc23)c1/C=C\C. The fourth-order valence-corrected chi connectivity index (χ4v) is 2.93. The molecule has 2 N–H and O–H groups in total. The third-order valence-electron chi connectivity index (χ3n) is 3.97. The van der Waals surface area contributed by atoms with Crippen molar-refractivity contribution in [2.75, 3.05) is 0 Å². The molecule has 0 amide bonds. The van der Waals surface area contributed by atoms with E-state index in [0.29, 0.717) is 11.1 Å². The summed E-state index contributed by atoms with van der Waals surface area (Å²) < 4.78 is 0. The molecule has 3 rings (SSSR count). The zero-order valence-electron chi connectivity index (χ0n) is 13.0. The minimum Gasteiger partial charge on any atom is -0.507 e. The van der Waals surface area contributed by atoms with Gasteiger partial charge in [0, 0.05) is 11.1 Å². The number of hydrogen-bond acceptors (Lipinski definition) is 2. The monoisotopic (exact) mass is 302 g/mol. The number of phenols is 2. The summed E-state index contributed by atoms with van der Waals surface area (Å²) in [6.45, 7) is 5.77. The average molecular weight is 302 g/mol. The fourth-order valence-electron chi connectivity index (χ4n) is 2.93. The molecule has 0 aliphatic rings. The van der Waals surface area contributed by atoms with Crippen molar-refractivity contribution in [1.82, 2.24) is 0 Å². The van der Waals surface area contributed by atoms with Crippen LogP contribution in [0.2, 0.25) is 0 Å². The smallest absolute Gasteiger partial charge is 0.124 e. The lowest BCUT2D eigenvalue weighted by atomic mass is 9.90. The highest BCUT2D eigenvalue weighted by Gasteiger charge is 2.17. The lowest BCUT2D eigenvalue weighted by molar-refractivity contribution is 0.469. The van der Waals surface area contributed by atoms with Gasteiger partial charge >= 0.3 is 0 Å². The van der Waals surface area contributed by atoms with E-state index >= 15 is 0 Å². The molecule has 3 aromatic carbocycles. The molecule has 0 saturated heterocycles. The van der Waals surface area contributed by atoms with Gasteiger partial charge in [0.15, 0.2) is 0 Å². The molecule has 0 aliphatic carbocycles. The van der Waals surface area contributed by atoms with Crippen LogP contribution in [-0.2, 0) is 0 Å². The number of benzene rings is 3. The van der Waals surface area contributed by atoms with Crippen LogP contribution < -0.4 is 0 Å². The van der Waals surface area contributed by atoms with Crippen LogP contribution in [0.4, 0.5) is 0 Å². The average Bonchev–Trinajstić information content (AvgIpc) is 2.57. The van der Waals surface area contributed by atoms with Gasteiger partial charge in [-0.1, -0.05) is 61.2 Å². The van der Waals surface area contributed by atoms with Gasteiger partial charge in [-0.25, -0.2) is 0 Å². The van der Waals surface area contributed by atoms with Gasteiger partial charge in [-0.05, 0) is 41.0 Å². The molecular weight excluding hydrogens is 284 g/mol. The summed E-state index contributed by atoms with van der Waals surface area (Å²) >= 11 is 0. The number of rotatable bonds is 3. The second kappa shape index (κ2) is 6.01. The molecule has 0 atom stereocenters. The van der Waals surface area contributed by atoms with Crippen molar-refractivity contribution >= 4 is 22.9 Å². The first-order valence-corrected chi connectivity index (χ1v) is 7.49. The maximum Gasteiger partial charge on any atom is 0.124 e. The van der Waals surface area contributed by atoms with E-state index in [4.69, 9.17) is 0 Å². The highest BCUT2D eigenvalue weighted by molar-refractivity contribution is 6.03. The molecule has 2 nitrogen and oxygen atoms in total. The first-order valence-electron chi connectivity index (χ1n) is 7.49. The van der Waals surface area contributed by atoms with E-state index in [0.717, 1.165) is 21.9 Å². The number of fused-ring (bicyclic) bond motifs is 1. The molecule has 0 saturated carbocycles. The molecule has 0 radical (unpaired) electrons. The van der Waals surface area contributed by atoms with Crippen molar-refractivity contribution in [1.29, 1.82) is 0 Å². The van der Waals surface area contributed by atoms with Crippen molar-refractivity contribution in [2.45, 2.75) is 6.92 Å². The summed E-state index contributed by atoms with van der Waals surface area (Å²) in [4.78, 5) is 0. The Bertz CT molecular complexity index is 921. The largest absolute Gasteiger partial charge is 0.507 e. The summed E-state index contributed by atoms with van der Waals surface area (Å²) in [6.07, 6.45) is 5.58. The van der Waals surface area contributed by atoms with Crippen LogP contribution in [-0.4, -0.2) is 10.2 Å². The van der Waals surface area contributed by atoms with Gasteiger partial charge in [0.05, 0.1) is 0 Å². The molecule has 0 spiro atoms. The second-order valence-corrected chi connectivity index (χ2v) is 5.35. The Balaban J connectivity index is 2.49. The first kappa shape index (κ1) is 14.9. The quantitative estimate of drug-likeness (QED) is 0.661. The Labute approximate surface area is 135 Å². The van der Waals surface area contributed by atoms with Crippen LogP contribution in [0.25, 0.3) is 34.1 Å². The predicted molar refractivity (Wildman–Crippen MR) is 97.5 cm³/mol. The predicted octanol–water partition coefficient (Wildman–Crippen LogP) is 5.59. The van der Waals surface area contributed by atoms with E-state index in [1.165, 1.54) is 0 Å². The number of allylic oxidation sites excluding steroid dienone is 1. The molecule has 0 heterocycles. The van der Waals surface area contributed by atoms with E-state index in [1.54, 1.807) is 18.2 Å². The summed E-state index contributed by atoms with van der Waals surface area (Å²) in [5.74, 6) is 0.279. The molecule has 23 heavy (non-hydrogen) atoms. The summed E-state index contributed by atoms with van der Waals surface area (Å²) in [6, 6.07) is 14.8. The Kier molecular flexibility index (Phi) is 3.90. The van der Waals surface area contributed by atoms with Crippen molar-refractivity contribution < 1.29 is 10.2 Å². The summed E-state index contributed by atoms with van der Waals surface area (Å²) in [5, 5.41) is 22.9. The lowest BCUT2D eigenvalue weighted by Gasteiger charge is -2.16. The van der Waals surface area contributed by atoms with Gasteiger partial charge in [-0.3, -0.25) is 0 Å². The minimum atomic E-state index is 0.135. The molecule has 0 bridgehead atoms. The highest BCUT2D eigenvalue weighted by Crippen LogP contribution is 2.44. The minimum absolute atomic E-state index is 0.135. The maximum absolute atomic E-state index is 10.5. The Morgan fingerprint density at radius 2 is 1.57 bits per heavy atom. The van der Waals surface area contributed by atoms with Crippen molar-refractivity contribution in [3.63, 3.8) is 0 Å². The molecule has 0 unspecified atom stereocenters. The molecule has 114 valence electrons. The maximum atomic E-state index is 10.5. The highest BCUT2D eigenvalue weighted by atomic mass is 16.3. The summed E-state index contributed by atoms with van der Waals surface area (Å²) in [5.41, 5.74) is 3.00. The Morgan fingerprint density at radius 3 is 2.30 bits per heavy atom. The number of phenolic OH excluding ortho intramolecular Hbond substituents is 2. The van der Waals surface area contributed by atoms with Gasteiger partial charge in [-0.2, -0.15) is 0 Å². The van der Waals surface area contributed by atoms with E-state index < -0.39 is 0 Å². The molecule has 2 heteroatoms. The van der Waals surface area contributed by atoms with E-state index in [9.17, 15) is 10.2 Å². The van der Waals surface area contributed by atoms with E-state index in [1.807, 2.05) is 55.5 Å². The van der Waals surface area contributed by atoms with Crippen LogP contribution in [0, 0.1) is 0 Å².